The Kier molecular flexibility index (Phi) is 9.98. The molecule has 2 amide bonds. The number of aromatic nitrogens is 1. The van der Waals surface area contributed by atoms with E-state index in [-0.39, 0.29) is 36.7 Å². The van der Waals surface area contributed by atoms with Crippen molar-refractivity contribution < 1.29 is 21.8 Å². The Hall–Kier alpha value is -5.26. The Balaban J connectivity index is 0.00000242. The average molecular weight is 606 g/mol. The van der Waals surface area contributed by atoms with E-state index in [2.05, 4.69) is 43.3 Å². The highest BCUT2D eigenvalue weighted by atomic mass is 35.5. The number of benzene rings is 4. The van der Waals surface area contributed by atoms with Gasteiger partial charge in [0.15, 0.2) is 11.9 Å². The second-order valence-electron chi connectivity index (χ2n) is 9.13. The van der Waals surface area contributed by atoms with Crippen LogP contribution in [0.4, 0.5) is 38.9 Å². The molecule has 0 bridgehead atoms. The minimum Gasteiger partial charge on any atom is -1.00 e. The fourth-order valence-electron chi connectivity index (χ4n) is 4.45. The molecule has 4 aromatic carbocycles. The standard InChI is InChI=1S/C29H28N10O.2ClH/c1-39-24-5-3-2-4-22(24)26(23-15-6-17(30)16-25(23)39)34-18-7-11-20(12-8-18)36-29(40)37-21-13-9-19(10-14-21)35-28(33)38-27(31)32;;/h2-16H,1H3,(H10,30,31,32,33,34,35,36,37,38,40);2*1H. The lowest BCUT2D eigenvalue weighted by Gasteiger charge is -2.14. The first kappa shape index (κ1) is 31.3. The predicted molar refractivity (Wildman–Crippen MR) is 169 cm³/mol. The summed E-state index contributed by atoms with van der Waals surface area (Å²) in [5, 5.41) is 31.2. The van der Waals surface area contributed by atoms with Crippen molar-refractivity contribution in [3.63, 3.8) is 0 Å². The maximum absolute atomic E-state index is 12.5. The van der Waals surface area contributed by atoms with Crippen molar-refractivity contribution in [3.8, 4) is 0 Å². The Morgan fingerprint density at radius 1 is 0.738 bits per heavy atom. The van der Waals surface area contributed by atoms with Crippen LogP contribution in [0.3, 0.4) is 0 Å². The molecule has 5 aromatic rings. The number of carbonyl (C=O) groups is 1. The van der Waals surface area contributed by atoms with Gasteiger partial charge in [-0.25, -0.2) is 4.79 Å². The van der Waals surface area contributed by atoms with E-state index in [1.165, 1.54) is 0 Å². The van der Waals surface area contributed by atoms with Gasteiger partial charge in [0.25, 0.3) is 0 Å². The van der Waals surface area contributed by atoms with Gasteiger partial charge < -0.3 is 45.1 Å². The molecule has 0 saturated heterocycles. The summed E-state index contributed by atoms with van der Waals surface area (Å²) in [5.74, 6) is -0.464. The summed E-state index contributed by atoms with van der Waals surface area (Å²) in [5.41, 5.74) is 17.8. The first-order valence-corrected chi connectivity index (χ1v) is 12.4. The smallest absolute Gasteiger partial charge is 0.323 e. The van der Waals surface area contributed by atoms with Crippen molar-refractivity contribution in [2.75, 3.05) is 27.0 Å². The maximum Gasteiger partial charge on any atom is 0.323 e. The Morgan fingerprint density at radius 3 is 1.86 bits per heavy atom. The van der Waals surface area contributed by atoms with Crippen LogP contribution in [0.25, 0.3) is 21.8 Å². The van der Waals surface area contributed by atoms with Gasteiger partial charge in [-0.1, -0.05) is 12.1 Å². The largest absolute Gasteiger partial charge is 1.00 e. The third kappa shape index (κ3) is 7.08. The van der Waals surface area contributed by atoms with Gasteiger partial charge in [0.1, 0.15) is 7.05 Å². The number of nitrogens with zero attached hydrogens (tertiary/aromatic N) is 1. The fraction of sp³-hybridized carbons (Fsp3) is 0.0345. The lowest BCUT2D eigenvalue weighted by Crippen LogP contribution is -3.00. The molecule has 0 saturated carbocycles. The number of para-hydroxylation sites is 1. The third-order valence-corrected chi connectivity index (χ3v) is 6.27. The zero-order valence-electron chi connectivity index (χ0n) is 22.5. The molecular weight excluding hydrogens is 575 g/mol. The highest BCUT2D eigenvalue weighted by Crippen LogP contribution is 2.33. The van der Waals surface area contributed by atoms with Gasteiger partial charge in [0.05, 0.1) is 16.5 Å². The SMILES string of the molecule is C[n+]1c2ccccc2c(Nc2ccc(NC(=O)Nc3ccc(NC(=N)NC(=N)N)cc3)cc2)c2ccc(N)cc21.Cl.[Cl-]. The van der Waals surface area contributed by atoms with Crippen LogP contribution < -0.4 is 55.0 Å². The molecule has 1 heterocycles. The summed E-state index contributed by atoms with van der Waals surface area (Å²) >= 11 is 0. The van der Waals surface area contributed by atoms with Crippen LogP contribution in [-0.2, 0) is 7.05 Å². The van der Waals surface area contributed by atoms with Gasteiger partial charge in [0.2, 0.25) is 11.0 Å². The molecule has 42 heavy (non-hydrogen) atoms. The summed E-state index contributed by atoms with van der Waals surface area (Å²) in [6, 6.07) is 27.9. The number of aryl methyl sites for hydroxylation is 1. The van der Waals surface area contributed by atoms with Crippen molar-refractivity contribution in [2.45, 2.75) is 0 Å². The summed E-state index contributed by atoms with van der Waals surface area (Å²) < 4.78 is 2.14. The molecule has 0 radical (unpaired) electrons. The molecule has 11 nitrogen and oxygen atoms in total. The van der Waals surface area contributed by atoms with Crippen molar-refractivity contribution >= 4 is 86.3 Å². The van der Waals surface area contributed by atoms with E-state index < -0.39 is 6.03 Å². The van der Waals surface area contributed by atoms with Crippen LogP contribution >= 0.6 is 12.4 Å². The van der Waals surface area contributed by atoms with Crippen LogP contribution in [0.1, 0.15) is 0 Å². The monoisotopic (exact) mass is 604 g/mol. The van der Waals surface area contributed by atoms with Crippen molar-refractivity contribution in [1.29, 1.82) is 10.8 Å². The minimum atomic E-state index is -0.391. The van der Waals surface area contributed by atoms with Gasteiger partial charge in [-0.3, -0.25) is 16.1 Å². The number of amides is 2. The molecule has 11 N–H and O–H groups in total. The van der Waals surface area contributed by atoms with Crippen LogP contribution in [0, 0.1) is 10.8 Å². The van der Waals surface area contributed by atoms with Crippen molar-refractivity contribution in [1.82, 2.24) is 5.32 Å². The van der Waals surface area contributed by atoms with E-state index in [4.69, 9.17) is 22.3 Å². The van der Waals surface area contributed by atoms with E-state index in [9.17, 15) is 4.79 Å². The van der Waals surface area contributed by atoms with Gasteiger partial charge >= 0.3 is 6.03 Å². The van der Waals surface area contributed by atoms with Crippen molar-refractivity contribution in [3.05, 3.63) is 91.0 Å². The highest BCUT2D eigenvalue weighted by Gasteiger charge is 2.18. The number of hydrogen-bond acceptors (Lipinski definition) is 5. The topological polar surface area (TPSA) is 181 Å². The number of halogens is 2. The molecule has 13 heteroatoms. The Bertz CT molecular complexity index is 1760. The number of rotatable bonds is 5. The summed E-state index contributed by atoms with van der Waals surface area (Å²) in [7, 11) is 2.03. The third-order valence-electron chi connectivity index (χ3n) is 6.27. The quantitative estimate of drug-likeness (QED) is 0.0486. The summed E-state index contributed by atoms with van der Waals surface area (Å²) in [4.78, 5) is 12.5. The molecule has 0 fully saturated rings. The summed E-state index contributed by atoms with van der Waals surface area (Å²) in [6.07, 6.45) is 0. The second-order valence-corrected chi connectivity index (χ2v) is 9.13. The number of nitrogen functional groups attached to an aromatic ring is 1. The zero-order valence-corrected chi connectivity index (χ0v) is 24.0. The lowest BCUT2D eigenvalue weighted by atomic mass is 10.1. The van der Waals surface area contributed by atoms with Crippen LogP contribution in [0.2, 0.25) is 0 Å². The molecule has 216 valence electrons. The van der Waals surface area contributed by atoms with Gasteiger partial charge in [-0.15, -0.1) is 12.4 Å². The zero-order chi connectivity index (χ0) is 28.2. The number of fused-ring (bicyclic) bond motifs is 2. The number of hydrogen-bond donors (Lipinski definition) is 9. The lowest BCUT2D eigenvalue weighted by molar-refractivity contribution is -0.617. The Labute approximate surface area is 254 Å². The van der Waals surface area contributed by atoms with Gasteiger partial charge in [0, 0.05) is 40.6 Å². The Morgan fingerprint density at radius 2 is 1.26 bits per heavy atom. The molecule has 0 atom stereocenters. The van der Waals surface area contributed by atoms with E-state index in [0.717, 1.165) is 33.2 Å². The van der Waals surface area contributed by atoms with E-state index in [1.54, 1.807) is 24.3 Å². The summed E-state index contributed by atoms with van der Waals surface area (Å²) in [6.45, 7) is 0. The van der Waals surface area contributed by atoms with Gasteiger partial charge in [-0.2, -0.15) is 4.57 Å². The average Bonchev–Trinajstić information content (AvgIpc) is 2.92. The number of anilines is 6. The molecule has 0 spiro atoms. The van der Waals surface area contributed by atoms with Crippen molar-refractivity contribution in [2.24, 2.45) is 12.8 Å². The first-order valence-electron chi connectivity index (χ1n) is 12.4. The first-order chi connectivity index (χ1) is 19.3. The second kappa shape index (κ2) is 13.4. The number of nitrogens with two attached hydrogens (primary N) is 2. The number of pyridine rings is 1. The van der Waals surface area contributed by atoms with Crippen LogP contribution in [-0.4, -0.2) is 18.0 Å². The van der Waals surface area contributed by atoms with E-state index >= 15 is 0 Å². The fourth-order valence-corrected chi connectivity index (χ4v) is 4.45. The molecule has 5 rings (SSSR count). The number of nitrogens with one attached hydrogen (secondary N) is 7. The molecule has 0 aliphatic heterocycles. The van der Waals surface area contributed by atoms with Crippen LogP contribution in [0.15, 0.2) is 91.0 Å². The number of guanidine groups is 2. The van der Waals surface area contributed by atoms with E-state index in [1.807, 2.05) is 61.6 Å². The maximum atomic E-state index is 12.5. The van der Waals surface area contributed by atoms with Gasteiger partial charge in [-0.05, 0) is 66.7 Å². The minimum absolute atomic E-state index is 0. The molecular formula is C29H30Cl2N10O. The molecule has 0 unspecified atom stereocenters. The molecule has 0 aliphatic rings. The predicted octanol–water partition coefficient (Wildman–Crippen LogP) is 2.04. The highest BCUT2D eigenvalue weighted by molar-refractivity contribution is 6.07. The normalized spacial score (nSPS) is 10.1. The van der Waals surface area contributed by atoms with Crippen LogP contribution in [0.5, 0.6) is 0 Å². The van der Waals surface area contributed by atoms with E-state index in [0.29, 0.717) is 22.7 Å². The molecule has 0 aliphatic carbocycles. The number of carbonyl (C=O) groups excluding carboxylic acids is 1. The number of urea groups is 1. The molecule has 1 aromatic heterocycles.